The lowest BCUT2D eigenvalue weighted by Gasteiger charge is -2.34. The van der Waals surface area contributed by atoms with E-state index in [1.54, 1.807) is 51.3 Å². The lowest BCUT2D eigenvalue weighted by Crippen LogP contribution is -2.34. The molecule has 0 bridgehead atoms. The van der Waals surface area contributed by atoms with Gasteiger partial charge in [0.25, 0.3) is 5.91 Å². The van der Waals surface area contributed by atoms with Gasteiger partial charge in [0.15, 0.2) is 11.8 Å². The fraction of sp³-hybridized carbons (Fsp3) is 0.240. The van der Waals surface area contributed by atoms with Gasteiger partial charge >= 0.3 is 5.97 Å². The summed E-state index contributed by atoms with van der Waals surface area (Å²) < 4.78 is 16.5. The Morgan fingerprint density at radius 1 is 1.18 bits per heavy atom. The number of hydrogen-bond donors (Lipinski definition) is 1. The first-order chi connectivity index (χ1) is 16.5. The van der Waals surface area contributed by atoms with Gasteiger partial charge in [-0.2, -0.15) is 0 Å². The number of anilines is 1. The molecule has 1 amide bonds. The smallest absolute Gasteiger partial charge is 0.338 e. The molecule has 2 heterocycles. The lowest BCUT2D eigenvalue weighted by atomic mass is 9.94. The molecule has 0 saturated heterocycles. The van der Waals surface area contributed by atoms with E-state index >= 15 is 0 Å². The van der Waals surface area contributed by atoms with Crippen molar-refractivity contribution in [3.05, 3.63) is 77.0 Å². The second kappa shape index (κ2) is 10.5. The molecule has 9 heteroatoms. The summed E-state index contributed by atoms with van der Waals surface area (Å²) in [5, 5.41) is 5.48. The number of hydrogen-bond acceptors (Lipinski definition) is 8. The van der Waals surface area contributed by atoms with E-state index in [0.29, 0.717) is 28.5 Å². The molecule has 0 aromatic heterocycles. The molecule has 2 aliphatic heterocycles. The number of ether oxygens (including phenoxy) is 3. The monoisotopic (exact) mass is 479 g/mol. The number of thioether (sulfide) groups is 1. The van der Waals surface area contributed by atoms with Crippen LogP contribution < -0.4 is 14.8 Å². The average molecular weight is 480 g/mol. The molecule has 2 aromatic carbocycles. The lowest BCUT2D eigenvalue weighted by molar-refractivity contribution is -0.139. The Morgan fingerprint density at radius 3 is 2.79 bits per heavy atom. The molecule has 0 unspecified atom stereocenters. The summed E-state index contributed by atoms with van der Waals surface area (Å²) >= 11 is 1.48. The number of carbonyl (C=O) groups is 2. The van der Waals surface area contributed by atoms with Crippen molar-refractivity contribution in [1.82, 2.24) is 4.90 Å². The Balaban J connectivity index is 1.58. The van der Waals surface area contributed by atoms with Crippen molar-refractivity contribution in [3.8, 4) is 11.5 Å². The quantitative estimate of drug-likeness (QED) is 0.559. The van der Waals surface area contributed by atoms with Gasteiger partial charge in [-0.05, 0) is 37.5 Å². The zero-order valence-electron chi connectivity index (χ0n) is 19.1. The van der Waals surface area contributed by atoms with Gasteiger partial charge in [0, 0.05) is 23.5 Å². The number of rotatable bonds is 8. The molecule has 8 nitrogen and oxygen atoms in total. The Hall–Kier alpha value is -3.72. The van der Waals surface area contributed by atoms with E-state index in [0.717, 1.165) is 10.7 Å². The molecule has 0 radical (unpaired) electrons. The SMILES string of the molecule is CCOC(=O)C1=C(C)N=C2SC=CN2[C@H]1c1ccccc1OCC(=O)Nc1cccc(OC)c1. The number of allylic oxidation sites excluding steroid dienone is 1. The molecule has 1 N–H and O–H groups in total. The number of nitrogens with zero attached hydrogens (tertiary/aromatic N) is 2. The summed E-state index contributed by atoms with van der Waals surface area (Å²) in [7, 11) is 1.57. The van der Waals surface area contributed by atoms with E-state index in [9.17, 15) is 9.59 Å². The standard InChI is InChI=1S/C25H25N3O5S/c1-4-32-24(30)22-16(2)26-25-28(12-13-34-25)23(22)19-10-5-6-11-20(19)33-15-21(29)27-17-8-7-9-18(14-17)31-3/h5-14,23H,4,15H2,1-3H3,(H,27,29)/t23-/m0/s1. The van der Waals surface area contributed by atoms with Crippen molar-refractivity contribution >= 4 is 34.5 Å². The Kier molecular flexibility index (Phi) is 7.22. The number of aliphatic imine (C=N–C) groups is 1. The summed E-state index contributed by atoms with van der Waals surface area (Å²) in [5.41, 5.74) is 2.38. The van der Waals surface area contributed by atoms with E-state index in [1.807, 2.05) is 34.7 Å². The zero-order chi connectivity index (χ0) is 24.1. The zero-order valence-corrected chi connectivity index (χ0v) is 19.9. The number of benzene rings is 2. The van der Waals surface area contributed by atoms with Crippen LogP contribution in [0.2, 0.25) is 0 Å². The van der Waals surface area contributed by atoms with Crippen LogP contribution in [0.15, 0.2) is 76.4 Å². The fourth-order valence-electron chi connectivity index (χ4n) is 3.76. The van der Waals surface area contributed by atoms with Gasteiger partial charge in [-0.15, -0.1) is 0 Å². The third-order valence-corrected chi connectivity index (χ3v) is 6.01. The van der Waals surface area contributed by atoms with Crippen LogP contribution in [0.3, 0.4) is 0 Å². The predicted octanol–water partition coefficient (Wildman–Crippen LogP) is 4.48. The van der Waals surface area contributed by atoms with E-state index in [1.165, 1.54) is 11.8 Å². The van der Waals surface area contributed by atoms with Crippen molar-refractivity contribution < 1.29 is 23.8 Å². The molecular weight excluding hydrogens is 454 g/mol. The summed E-state index contributed by atoms with van der Waals surface area (Å²) in [5.74, 6) is 0.394. The molecule has 176 valence electrons. The minimum atomic E-state index is -0.490. The molecule has 4 rings (SSSR count). The number of amidine groups is 1. The topological polar surface area (TPSA) is 89.5 Å². The van der Waals surface area contributed by atoms with Crippen molar-refractivity contribution in [2.45, 2.75) is 19.9 Å². The number of carbonyl (C=O) groups excluding carboxylic acids is 2. The largest absolute Gasteiger partial charge is 0.497 e. The highest BCUT2D eigenvalue weighted by Gasteiger charge is 2.38. The Labute approximate surface area is 202 Å². The number of methoxy groups -OCH3 is 1. The normalized spacial score (nSPS) is 16.6. The fourth-order valence-corrected chi connectivity index (χ4v) is 4.55. The third-order valence-electron chi connectivity index (χ3n) is 5.24. The number of esters is 1. The van der Waals surface area contributed by atoms with Crippen LogP contribution in [-0.4, -0.2) is 42.3 Å². The third kappa shape index (κ3) is 4.94. The van der Waals surface area contributed by atoms with Crippen LogP contribution in [0, 0.1) is 0 Å². The van der Waals surface area contributed by atoms with Crippen molar-refractivity contribution in [1.29, 1.82) is 0 Å². The average Bonchev–Trinajstić information content (AvgIpc) is 3.30. The molecule has 1 atom stereocenters. The van der Waals surface area contributed by atoms with Gasteiger partial charge in [0.05, 0.1) is 31.0 Å². The number of para-hydroxylation sites is 1. The maximum Gasteiger partial charge on any atom is 0.338 e. The first-order valence-corrected chi connectivity index (χ1v) is 11.6. The minimum Gasteiger partial charge on any atom is -0.497 e. The second-order valence-electron chi connectivity index (χ2n) is 7.43. The first-order valence-electron chi connectivity index (χ1n) is 10.8. The molecule has 2 aromatic rings. The summed E-state index contributed by atoms with van der Waals surface area (Å²) in [6, 6.07) is 14.0. The number of nitrogens with one attached hydrogen (secondary N) is 1. The summed E-state index contributed by atoms with van der Waals surface area (Å²) in [6.07, 6.45) is 1.88. The summed E-state index contributed by atoms with van der Waals surface area (Å²) in [6.45, 7) is 3.62. The van der Waals surface area contributed by atoms with Crippen molar-refractivity contribution in [2.75, 3.05) is 25.6 Å². The van der Waals surface area contributed by atoms with Gasteiger partial charge in [0.1, 0.15) is 11.5 Å². The highest BCUT2D eigenvalue weighted by Crippen LogP contribution is 2.43. The molecular formula is C25H25N3O5S. The maximum atomic E-state index is 12.9. The molecule has 34 heavy (non-hydrogen) atoms. The van der Waals surface area contributed by atoms with Crippen LogP contribution in [-0.2, 0) is 14.3 Å². The molecule has 0 saturated carbocycles. The molecule has 0 spiro atoms. The van der Waals surface area contributed by atoms with E-state index in [4.69, 9.17) is 14.2 Å². The van der Waals surface area contributed by atoms with E-state index in [2.05, 4.69) is 10.3 Å². The van der Waals surface area contributed by atoms with Crippen LogP contribution in [0.4, 0.5) is 5.69 Å². The van der Waals surface area contributed by atoms with E-state index in [-0.39, 0.29) is 19.1 Å². The van der Waals surface area contributed by atoms with Gasteiger partial charge in [-0.25, -0.2) is 9.79 Å². The molecule has 2 aliphatic rings. The van der Waals surface area contributed by atoms with Crippen molar-refractivity contribution in [3.63, 3.8) is 0 Å². The predicted molar refractivity (Wildman–Crippen MR) is 132 cm³/mol. The highest BCUT2D eigenvalue weighted by molar-refractivity contribution is 8.16. The number of amides is 1. The maximum absolute atomic E-state index is 12.9. The number of fused-ring (bicyclic) bond motifs is 1. The Morgan fingerprint density at radius 2 is 2.00 bits per heavy atom. The first kappa shape index (κ1) is 23.4. The van der Waals surface area contributed by atoms with Crippen molar-refractivity contribution in [2.24, 2.45) is 4.99 Å². The molecule has 0 fully saturated rings. The van der Waals surface area contributed by atoms with Crippen LogP contribution in [0.25, 0.3) is 0 Å². The van der Waals surface area contributed by atoms with Crippen LogP contribution >= 0.6 is 11.8 Å². The molecule has 0 aliphatic carbocycles. The van der Waals surface area contributed by atoms with Gasteiger partial charge in [0.2, 0.25) is 0 Å². The minimum absolute atomic E-state index is 0.204. The van der Waals surface area contributed by atoms with E-state index < -0.39 is 12.0 Å². The van der Waals surface area contributed by atoms with Crippen LogP contribution in [0.1, 0.15) is 25.5 Å². The van der Waals surface area contributed by atoms with Gasteiger partial charge in [-0.3, -0.25) is 4.79 Å². The van der Waals surface area contributed by atoms with Gasteiger partial charge < -0.3 is 24.4 Å². The van der Waals surface area contributed by atoms with Gasteiger partial charge in [-0.1, -0.05) is 36.0 Å². The summed E-state index contributed by atoms with van der Waals surface area (Å²) in [4.78, 5) is 31.9. The Bertz CT molecular complexity index is 1190. The highest BCUT2D eigenvalue weighted by atomic mass is 32.2. The second-order valence-corrected chi connectivity index (χ2v) is 8.31. The van der Waals surface area contributed by atoms with Crippen LogP contribution in [0.5, 0.6) is 11.5 Å².